The SMILES string of the molecule is COCC(=O)Nc1cccc(NCC2CCCC(C)C2)c1. The second-order valence-electron chi connectivity index (χ2n) is 6.08. The van der Waals surface area contributed by atoms with Gasteiger partial charge in [0.25, 0.3) is 0 Å². The van der Waals surface area contributed by atoms with Gasteiger partial charge in [0.1, 0.15) is 6.61 Å². The summed E-state index contributed by atoms with van der Waals surface area (Å²) in [5.74, 6) is 1.49. The molecule has 0 radical (unpaired) electrons. The number of benzene rings is 1. The van der Waals surface area contributed by atoms with E-state index >= 15 is 0 Å². The molecule has 0 heterocycles. The van der Waals surface area contributed by atoms with Crippen LogP contribution in [0.1, 0.15) is 32.6 Å². The highest BCUT2D eigenvalue weighted by atomic mass is 16.5. The van der Waals surface area contributed by atoms with Gasteiger partial charge in [-0.15, -0.1) is 0 Å². The normalized spacial score (nSPS) is 21.8. The number of hydrogen-bond acceptors (Lipinski definition) is 3. The van der Waals surface area contributed by atoms with Crippen molar-refractivity contribution < 1.29 is 9.53 Å². The van der Waals surface area contributed by atoms with Gasteiger partial charge in [-0.1, -0.05) is 25.8 Å². The molecule has 0 saturated heterocycles. The van der Waals surface area contributed by atoms with E-state index in [2.05, 4.69) is 17.6 Å². The maximum absolute atomic E-state index is 11.5. The van der Waals surface area contributed by atoms with Gasteiger partial charge < -0.3 is 15.4 Å². The highest BCUT2D eigenvalue weighted by Crippen LogP contribution is 2.28. The molecule has 4 heteroatoms. The maximum atomic E-state index is 11.5. The van der Waals surface area contributed by atoms with Gasteiger partial charge in [0.2, 0.25) is 5.91 Å². The fourth-order valence-corrected chi connectivity index (χ4v) is 3.04. The van der Waals surface area contributed by atoms with Crippen molar-refractivity contribution in [2.75, 3.05) is 30.9 Å². The largest absolute Gasteiger partial charge is 0.385 e. The summed E-state index contributed by atoms with van der Waals surface area (Å²) in [5, 5.41) is 6.32. The molecule has 1 aromatic carbocycles. The van der Waals surface area contributed by atoms with Gasteiger partial charge in [0.05, 0.1) is 0 Å². The Kier molecular flexibility index (Phi) is 6.05. The van der Waals surface area contributed by atoms with Gasteiger partial charge in [-0.05, 0) is 42.9 Å². The molecule has 2 atom stereocenters. The minimum atomic E-state index is -0.129. The molecule has 2 unspecified atom stereocenters. The summed E-state index contributed by atoms with van der Waals surface area (Å²) in [6.45, 7) is 3.44. The van der Waals surface area contributed by atoms with Crippen LogP contribution in [0.2, 0.25) is 0 Å². The first-order chi connectivity index (χ1) is 10.2. The lowest BCUT2D eigenvalue weighted by Gasteiger charge is -2.27. The molecule has 0 bridgehead atoms. The zero-order chi connectivity index (χ0) is 15.1. The topological polar surface area (TPSA) is 50.4 Å². The van der Waals surface area contributed by atoms with E-state index in [4.69, 9.17) is 4.74 Å². The Bertz CT molecular complexity index is 462. The molecule has 2 N–H and O–H groups in total. The Hall–Kier alpha value is -1.55. The Morgan fingerprint density at radius 3 is 2.90 bits per heavy atom. The van der Waals surface area contributed by atoms with Gasteiger partial charge in [-0.3, -0.25) is 4.79 Å². The molecule has 2 rings (SSSR count). The van der Waals surface area contributed by atoms with Crippen LogP contribution >= 0.6 is 0 Å². The Labute approximate surface area is 127 Å². The molecule has 1 aliphatic rings. The van der Waals surface area contributed by atoms with E-state index in [-0.39, 0.29) is 12.5 Å². The van der Waals surface area contributed by atoms with Crippen molar-refractivity contribution >= 4 is 17.3 Å². The summed E-state index contributed by atoms with van der Waals surface area (Å²) in [7, 11) is 1.52. The average Bonchev–Trinajstić information content (AvgIpc) is 2.46. The third kappa shape index (κ3) is 5.38. The predicted octanol–water partition coefficient (Wildman–Crippen LogP) is 3.51. The zero-order valence-electron chi connectivity index (χ0n) is 13.0. The van der Waals surface area contributed by atoms with Crippen LogP contribution in [0.3, 0.4) is 0 Å². The number of anilines is 2. The molecule has 0 spiro atoms. The van der Waals surface area contributed by atoms with Crippen LogP contribution in [-0.2, 0) is 9.53 Å². The molecule has 0 aliphatic heterocycles. The van der Waals surface area contributed by atoms with E-state index < -0.39 is 0 Å². The number of amides is 1. The van der Waals surface area contributed by atoms with Gasteiger partial charge >= 0.3 is 0 Å². The number of methoxy groups -OCH3 is 1. The molecule has 1 amide bonds. The smallest absolute Gasteiger partial charge is 0.250 e. The highest BCUT2D eigenvalue weighted by molar-refractivity contribution is 5.92. The summed E-state index contributed by atoms with van der Waals surface area (Å²) in [6.07, 6.45) is 5.36. The Morgan fingerprint density at radius 2 is 2.14 bits per heavy atom. The van der Waals surface area contributed by atoms with Crippen LogP contribution < -0.4 is 10.6 Å². The molecule has 116 valence electrons. The summed E-state index contributed by atoms with van der Waals surface area (Å²) in [6, 6.07) is 7.85. The number of rotatable bonds is 6. The van der Waals surface area contributed by atoms with Gasteiger partial charge in [0, 0.05) is 25.0 Å². The van der Waals surface area contributed by atoms with Gasteiger partial charge in [-0.2, -0.15) is 0 Å². The van der Waals surface area contributed by atoms with Gasteiger partial charge in [-0.25, -0.2) is 0 Å². The van der Waals surface area contributed by atoms with E-state index in [9.17, 15) is 4.79 Å². The van der Waals surface area contributed by atoms with Crippen molar-refractivity contribution in [1.29, 1.82) is 0 Å². The molecule has 1 aliphatic carbocycles. The first kappa shape index (κ1) is 15.8. The minimum Gasteiger partial charge on any atom is -0.385 e. The number of carbonyl (C=O) groups excluding carboxylic acids is 1. The highest BCUT2D eigenvalue weighted by Gasteiger charge is 2.18. The lowest BCUT2D eigenvalue weighted by Crippen LogP contribution is -2.21. The lowest BCUT2D eigenvalue weighted by atomic mass is 9.82. The van der Waals surface area contributed by atoms with E-state index in [0.717, 1.165) is 29.8 Å². The Balaban J connectivity index is 1.84. The van der Waals surface area contributed by atoms with Crippen LogP contribution in [0.15, 0.2) is 24.3 Å². The molecule has 1 fully saturated rings. The van der Waals surface area contributed by atoms with E-state index in [1.165, 1.54) is 32.8 Å². The van der Waals surface area contributed by atoms with E-state index in [0.29, 0.717) is 0 Å². The first-order valence-electron chi connectivity index (χ1n) is 7.80. The third-order valence-corrected chi connectivity index (χ3v) is 4.06. The summed E-state index contributed by atoms with van der Waals surface area (Å²) in [4.78, 5) is 11.5. The number of hydrogen-bond donors (Lipinski definition) is 2. The molecule has 1 aromatic rings. The molecular formula is C17H26N2O2. The van der Waals surface area contributed by atoms with Crippen molar-refractivity contribution in [1.82, 2.24) is 0 Å². The number of ether oxygens (including phenoxy) is 1. The van der Waals surface area contributed by atoms with Crippen LogP contribution in [0.5, 0.6) is 0 Å². The van der Waals surface area contributed by atoms with Crippen LogP contribution in [0, 0.1) is 11.8 Å². The van der Waals surface area contributed by atoms with Crippen molar-refractivity contribution in [2.45, 2.75) is 32.6 Å². The average molecular weight is 290 g/mol. The molecule has 1 saturated carbocycles. The van der Waals surface area contributed by atoms with Gasteiger partial charge in [0.15, 0.2) is 0 Å². The van der Waals surface area contributed by atoms with Crippen molar-refractivity contribution in [3.05, 3.63) is 24.3 Å². The minimum absolute atomic E-state index is 0.0810. The summed E-state index contributed by atoms with van der Waals surface area (Å²) >= 11 is 0. The van der Waals surface area contributed by atoms with Crippen molar-refractivity contribution in [2.24, 2.45) is 11.8 Å². The van der Waals surface area contributed by atoms with Crippen molar-refractivity contribution in [3.63, 3.8) is 0 Å². The summed E-state index contributed by atoms with van der Waals surface area (Å²) < 4.78 is 4.82. The lowest BCUT2D eigenvalue weighted by molar-refractivity contribution is -0.119. The first-order valence-corrected chi connectivity index (χ1v) is 7.80. The third-order valence-electron chi connectivity index (χ3n) is 4.06. The fraction of sp³-hybridized carbons (Fsp3) is 0.588. The second-order valence-corrected chi connectivity index (χ2v) is 6.08. The van der Waals surface area contributed by atoms with Crippen LogP contribution in [-0.4, -0.2) is 26.2 Å². The van der Waals surface area contributed by atoms with Crippen LogP contribution in [0.25, 0.3) is 0 Å². The standard InChI is InChI=1S/C17H26N2O2/c1-13-5-3-6-14(9-13)11-18-15-7-4-8-16(10-15)19-17(20)12-21-2/h4,7-8,10,13-14,18H,3,5-6,9,11-12H2,1-2H3,(H,19,20). The molecule has 4 nitrogen and oxygen atoms in total. The second kappa shape index (κ2) is 8.03. The monoisotopic (exact) mass is 290 g/mol. The van der Waals surface area contributed by atoms with E-state index in [1.54, 1.807) is 0 Å². The molecular weight excluding hydrogens is 264 g/mol. The Morgan fingerprint density at radius 1 is 1.33 bits per heavy atom. The van der Waals surface area contributed by atoms with Crippen LogP contribution in [0.4, 0.5) is 11.4 Å². The zero-order valence-corrected chi connectivity index (χ0v) is 13.0. The fourth-order valence-electron chi connectivity index (χ4n) is 3.04. The molecule has 0 aromatic heterocycles. The quantitative estimate of drug-likeness (QED) is 0.843. The number of carbonyl (C=O) groups is 1. The van der Waals surface area contributed by atoms with Crippen molar-refractivity contribution in [3.8, 4) is 0 Å². The number of nitrogens with one attached hydrogen (secondary N) is 2. The summed E-state index contributed by atoms with van der Waals surface area (Å²) in [5.41, 5.74) is 1.86. The van der Waals surface area contributed by atoms with E-state index in [1.807, 2.05) is 24.3 Å². The molecule has 21 heavy (non-hydrogen) atoms. The predicted molar refractivity (Wildman–Crippen MR) is 86.6 cm³/mol. The maximum Gasteiger partial charge on any atom is 0.250 e.